The fourth-order valence-electron chi connectivity index (χ4n) is 7.94. The largest absolute Gasteiger partial charge is 0.473 e. The third kappa shape index (κ3) is 4.26. The number of likely N-dealkylation sites (N-methyl/N-ethyl adjacent to an activating group) is 1. The molecule has 1 spiro atoms. The van der Waals surface area contributed by atoms with Gasteiger partial charge in [0.05, 0.1) is 11.0 Å². The van der Waals surface area contributed by atoms with Gasteiger partial charge in [-0.15, -0.1) is 0 Å². The first-order valence-corrected chi connectivity index (χ1v) is 15.2. The Hall–Kier alpha value is -3.64. The standard InChI is InChI=1S/C32H39N7O2/c1-19-11-15-39(18-19)26-16-27(40-20(2)25-7-5-14-38(25)3)36-31(35-26)29-22-6-4-12-32(30(22)41-37-29)13-10-21-8-9-24(34)23(17-33)28(21)32/h8-9,16,19-20,25H,4-7,10-15,18,34H2,1-3H3/t19-,20-,25-,32-/m0/s1. The molecule has 41 heavy (non-hydrogen) atoms. The van der Waals surface area contributed by atoms with Crippen LogP contribution in [0.3, 0.4) is 0 Å². The molecule has 4 heterocycles. The van der Waals surface area contributed by atoms with Crippen LogP contribution in [-0.2, 0) is 18.3 Å². The molecular weight excluding hydrogens is 514 g/mol. The SMILES string of the molecule is C[C@H]1CCN(c2cc(O[C@@H](C)[C@@H]3CCCN3C)nc(-c3noc4c3CCC[C@@]43CCc4ccc(N)c(C#N)c43)n2)C1. The van der Waals surface area contributed by atoms with Crippen LogP contribution >= 0.6 is 0 Å². The van der Waals surface area contributed by atoms with Crippen molar-refractivity contribution in [3.05, 3.63) is 46.2 Å². The van der Waals surface area contributed by atoms with Gasteiger partial charge in [-0.1, -0.05) is 18.1 Å². The first-order valence-electron chi connectivity index (χ1n) is 15.2. The van der Waals surface area contributed by atoms with Crippen molar-refractivity contribution < 1.29 is 9.26 Å². The van der Waals surface area contributed by atoms with E-state index >= 15 is 0 Å². The molecule has 2 aliphatic carbocycles. The van der Waals surface area contributed by atoms with Crippen LogP contribution < -0.4 is 15.4 Å². The third-order valence-electron chi connectivity index (χ3n) is 10.1. The van der Waals surface area contributed by atoms with Crippen molar-refractivity contribution in [3.8, 4) is 23.5 Å². The predicted octanol–water partition coefficient (Wildman–Crippen LogP) is 4.86. The van der Waals surface area contributed by atoms with Crippen molar-refractivity contribution in [2.75, 3.05) is 37.3 Å². The molecule has 4 aliphatic rings. The lowest BCUT2D eigenvalue weighted by Gasteiger charge is -2.33. The number of anilines is 2. The first-order chi connectivity index (χ1) is 19.9. The summed E-state index contributed by atoms with van der Waals surface area (Å²) in [5, 5.41) is 14.7. The zero-order valence-electron chi connectivity index (χ0n) is 24.3. The molecule has 9 nitrogen and oxygen atoms in total. The van der Waals surface area contributed by atoms with Crippen LogP contribution in [0.25, 0.3) is 11.5 Å². The van der Waals surface area contributed by atoms with E-state index in [1.165, 1.54) is 12.0 Å². The van der Waals surface area contributed by atoms with Crippen LogP contribution in [0.15, 0.2) is 22.7 Å². The number of aromatic nitrogens is 3. The minimum atomic E-state index is -0.391. The molecular formula is C32H39N7O2. The lowest BCUT2D eigenvalue weighted by atomic mass is 9.68. The summed E-state index contributed by atoms with van der Waals surface area (Å²) in [6.07, 6.45) is 7.96. The number of hydrogen-bond donors (Lipinski definition) is 1. The summed E-state index contributed by atoms with van der Waals surface area (Å²) in [5.74, 6) is 3.50. The fourth-order valence-corrected chi connectivity index (χ4v) is 7.94. The van der Waals surface area contributed by atoms with E-state index in [4.69, 9.17) is 25.0 Å². The Bertz CT molecular complexity index is 1530. The average molecular weight is 554 g/mol. The van der Waals surface area contributed by atoms with Gasteiger partial charge in [0.15, 0.2) is 17.3 Å². The Morgan fingerprint density at radius 3 is 2.80 bits per heavy atom. The number of nitrogens with two attached hydrogens (primary N) is 1. The second-order valence-electron chi connectivity index (χ2n) is 12.7. The molecule has 0 amide bonds. The maximum Gasteiger partial charge on any atom is 0.219 e. The highest BCUT2D eigenvalue weighted by Gasteiger charge is 2.49. The molecule has 9 heteroatoms. The van der Waals surface area contributed by atoms with E-state index in [0.29, 0.717) is 40.6 Å². The Balaban J connectivity index is 1.31. The number of ether oxygens (including phenoxy) is 1. The molecule has 2 N–H and O–H groups in total. The molecule has 2 saturated heterocycles. The van der Waals surface area contributed by atoms with Gasteiger partial charge in [-0.3, -0.25) is 4.90 Å². The Morgan fingerprint density at radius 1 is 1.17 bits per heavy atom. The predicted molar refractivity (Wildman–Crippen MR) is 157 cm³/mol. The summed E-state index contributed by atoms with van der Waals surface area (Å²) in [6, 6.07) is 8.69. The Kier molecular flexibility index (Phi) is 6.42. The number of benzene rings is 1. The Labute approximate surface area is 241 Å². The molecule has 0 saturated carbocycles. The lowest BCUT2D eigenvalue weighted by molar-refractivity contribution is 0.117. The molecule has 2 aliphatic heterocycles. The molecule has 2 fully saturated rings. The molecule has 214 valence electrons. The van der Waals surface area contributed by atoms with Crippen molar-refractivity contribution in [1.82, 2.24) is 20.0 Å². The number of nitrogen functional groups attached to an aromatic ring is 1. The molecule has 2 aromatic heterocycles. The van der Waals surface area contributed by atoms with Gasteiger partial charge in [0, 0.05) is 36.4 Å². The van der Waals surface area contributed by atoms with E-state index in [1.54, 1.807) is 0 Å². The van der Waals surface area contributed by atoms with Crippen molar-refractivity contribution >= 4 is 11.5 Å². The summed E-state index contributed by atoms with van der Waals surface area (Å²) < 4.78 is 12.8. The molecule has 3 aromatic rings. The quantitative estimate of drug-likeness (QED) is 0.442. The maximum absolute atomic E-state index is 10.1. The van der Waals surface area contributed by atoms with Gasteiger partial charge in [-0.25, -0.2) is 4.98 Å². The van der Waals surface area contributed by atoms with E-state index in [0.717, 1.165) is 87.3 Å². The summed E-state index contributed by atoms with van der Waals surface area (Å²) in [7, 11) is 2.17. The number of rotatable bonds is 5. The van der Waals surface area contributed by atoms with E-state index < -0.39 is 5.41 Å². The van der Waals surface area contributed by atoms with Crippen molar-refractivity contribution in [2.24, 2.45) is 5.92 Å². The second-order valence-corrected chi connectivity index (χ2v) is 12.7. The fraction of sp³-hybridized carbons (Fsp3) is 0.562. The third-order valence-corrected chi connectivity index (χ3v) is 10.1. The van der Waals surface area contributed by atoms with Gasteiger partial charge in [0.1, 0.15) is 18.0 Å². The summed E-state index contributed by atoms with van der Waals surface area (Å²) in [6.45, 7) is 7.45. The van der Waals surface area contributed by atoms with Crippen molar-refractivity contribution in [2.45, 2.75) is 82.8 Å². The highest BCUT2D eigenvalue weighted by atomic mass is 16.5. The topological polar surface area (TPSA) is 117 Å². The van der Waals surface area contributed by atoms with Crippen molar-refractivity contribution in [1.29, 1.82) is 5.26 Å². The van der Waals surface area contributed by atoms with Crippen molar-refractivity contribution in [3.63, 3.8) is 0 Å². The zero-order valence-corrected chi connectivity index (χ0v) is 24.3. The van der Waals surface area contributed by atoms with Crippen LogP contribution in [-0.4, -0.2) is 58.9 Å². The average Bonchev–Trinajstić information content (AvgIpc) is 3.76. The molecule has 4 atom stereocenters. The van der Waals surface area contributed by atoms with Crippen LogP contribution in [0.4, 0.5) is 11.5 Å². The highest BCUT2D eigenvalue weighted by molar-refractivity contribution is 5.68. The van der Waals surface area contributed by atoms with Gasteiger partial charge >= 0.3 is 0 Å². The summed E-state index contributed by atoms with van der Waals surface area (Å²) >= 11 is 0. The van der Waals surface area contributed by atoms with E-state index in [1.807, 2.05) is 12.1 Å². The van der Waals surface area contributed by atoms with Gasteiger partial charge in [-0.2, -0.15) is 10.2 Å². The normalized spacial score (nSPS) is 26.2. The monoisotopic (exact) mass is 553 g/mol. The van der Waals surface area contributed by atoms with E-state index in [-0.39, 0.29) is 6.10 Å². The maximum atomic E-state index is 10.1. The van der Waals surface area contributed by atoms with Crippen LogP contribution in [0.5, 0.6) is 5.88 Å². The summed E-state index contributed by atoms with van der Waals surface area (Å²) in [5.41, 5.74) is 11.0. The number of aryl methyl sites for hydroxylation is 1. The number of nitriles is 1. The van der Waals surface area contributed by atoms with Crippen LogP contribution in [0, 0.1) is 17.2 Å². The molecule has 7 rings (SSSR count). The Morgan fingerprint density at radius 2 is 2.05 bits per heavy atom. The minimum Gasteiger partial charge on any atom is -0.473 e. The molecule has 0 radical (unpaired) electrons. The molecule has 1 aromatic carbocycles. The number of nitrogens with zero attached hydrogens (tertiary/aromatic N) is 6. The van der Waals surface area contributed by atoms with Gasteiger partial charge in [0.2, 0.25) is 5.88 Å². The lowest BCUT2D eigenvalue weighted by Crippen LogP contribution is -2.38. The molecule has 0 unspecified atom stereocenters. The minimum absolute atomic E-state index is 0.00921. The highest BCUT2D eigenvalue weighted by Crippen LogP contribution is 2.54. The smallest absolute Gasteiger partial charge is 0.219 e. The number of fused-ring (bicyclic) bond motifs is 4. The first kappa shape index (κ1) is 26.3. The number of likely N-dealkylation sites (tertiary alicyclic amines) is 1. The summed E-state index contributed by atoms with van der Waals surface area (Å²) in [4.78, 5) is 14.7. The van der Waals surface area contributed by atoms with E-state index in [9.17, 15) is 5.26 Å². The number of hydrogen-bond acceptors (Lipinski definition) is 9. The van der Waals surface area contributed by atoms with Gasteiger partial charge in [0.25, 0.3) is 0 Å². The molecule has 0 bridgehead atoms. The van der Waals surface area contributed by atoms with Gasteiger partial charge < -0.3 is 19.9 Å². The van der Waals surface area contributed by atoms with Crippen LogP contribution in [0.1, 0.15) is 80.4 Å². The second kappa shape index (κ2) is 10.0. The zero-order chi connectivity index (χ0) is 28.3. The van der Waals surface area contributed by atoms with Crippen LogP contribution in [0.2, 0.25) is 0 Å². The van der Waals surface area contributed by atoms with E-state index in [2.05, 4.69) is 48.0 Å². The van der Waals surface area contributed by atoms with Gasteiger partial charge in [-0.05, 0) is 95.0 Å².